The van der Waals surface area contributed by atoms with Gasteiger partial charge in [0.25, 0.3) is 10.0 Å². The van der Waals surface area contributed by atoms with Crippen molar-refractivity contribution in [1.29, 1.82) is 0 Å². The van der Waals surface area contributed by atoms with Crippen molar-refractivity contribution >= 4 is 33.5 Å². The number of hydrogen-bond acceptors (Lipinski definition) is 5. The molecule has 4 aromatic rings. The first-order valence-corrected chi connectivity index (χ1v) is 10.8. The Balaban J connectivity index is 1.70. The number of aryl methyl sites for hydroxylation is 1. The topological polar surface area (TPSA) is 79.9 Å². The number of nitrogens with zero attached hydrogens (tertiary/aromatic N) is 5. The van der Waals surface area contributed by atoms with Crippen molar-refractivity contribution in [2.75, 3.05) is 7.05 Å². The number of hydrogen-bond donors (Lipinski definition) is 0. The first-order chi connectivity index (χ1) is 14.4. The van der Waals surface area contributed by atoms with Crippen LogP contribution in [0, 0.1) is 6.92 Å². The van der Waals surface area contributed by atoms with Crippen LogP contribution in [0.4, 0.5) is 0 Å². The van der Waals surface area contributed by atoms with Crippen LogP contribution in [0.1, 0.15) is 11.3 Å². The van der Waals surface area contributed by atoms with Crippen LogP contribution >= 0.6 is 11.6 Å². The third-order valence-electron chi connectivity index (χ3n) is 4.61. The minimum Gasteiger partial charge on any atom is -0.298 e. The molecule has 3 heterocycles. The summed E-state index contributed by atoms with van der Waals surface area (Å²) in [5.74, 6) is 0. The molecule has 0 saturated heterocycles. The van der Waals surface area contributed by atoms with Crippen molar-refractivity contribution < 1.29 is 8.42 Å². The summed E-state index contributed by atoms with van der Waals surface area (Å²) >= 11 is 5.92. The largest absolute Gasteiger partial charge is 0.298 e. The molecule has 0 saturated carbocycles. The fraction of sp³-hybridized carbons (Fsp3) is 0.0952. The van der Waals surface area contributed by atoms with Gasteiger partial charge in [0.1, 0.15) is 5.65 Å². The molecule has 0 aliphatic heterocycles. The summed E-state index contributed by atoms with van der Waals surface area (Å²) in [7, 11) is -2.44. The second-order valence-electron chi connectivity index (χ2n) is 6.67. The predicted molar refractivity (Wildman–Crippen MR) is 117 cm³/mol. The average Bonchev–Trinajstić information content (AvgIpc) is 3.16. The molecule has 0 N–H and O–H groups in total. The molecule has 0 aliphatic rings. The van der Waals surface area contributed by atoms with E-state index in [1.807, 2.05) is 35.7 Å². The molecule has 30 heavy (non-hydrogen) atoms. The maximum Gasteiger partial charge on any atom is 0.278 e. The van der Waals surface area contributed by atoms with Gasteiger partial charge < -0.3 is 0 Å². The first kappa shape index (κ1) is 20.1. The molecule has 0 amide bonds. The highest BCUT2D eigenvalue weighted by atomic mass is 35.5. The number of aromatic nitrogens is 3. The highest BCUT2D eigenvalue weighted by Gasteiger charge is 2.19. The van der Waals surface area contributed by atoms with E-state index in [0.29, 0.717) is 10.7 Å². The molecular weight excluding hydrogens is 422 g/mol. The molecule has 0 atom stereocenters. The van der Waals surface area contributed by atoms with Crippen molar-refractivity contribution in [3.8, 4) is 11.1 Å². The van der Waals surface area contributed by atoms with E-state index in [1.165, 1.54) is 25.4 Å². The second kappa shape index (κ2) is 7.89. The van der Waals surface area contributed by atoms with Crippen molar-refractivity contribution in [2.45, 2.75) is 11.8 Å². The Bertz CT molecular complexity index is 1350. The summed E-state index contributed by atoms with van der Waals surface area (Å²) in [6, 6.07) is 12.0. The fourth-order valence-electron chi connectivity index (χ4n) is 3.05. The summed E-state index contributed by atoms with van der Waals surface area (Å²) in [6.07, 6.45) is 8.56. The van der Waals surface area contributed by atoms with Crippen LogP contribution in [0.25, 0.3) is 16.8 Å². The Hall–Kier alpha value is -3.23. The van der Waals surface area contributed by atoms with Crippen molar-refractivity contribution in [3.05, 3.63) is 83.5 Å². The quantitative estimate of drug-likeness (QED) is 0.347. The number of pyridine rings is 2. The zero-order valence-electron chi connectivity index (χ0n) is 16.3. The molecule has 0 spiro atoms. The van der Waals surface area contributed by atoms with Gasteiger partial charge in [-0.15, -0.1) is 0 Å². The normalized spacial score (nSPS) is 12.0. The fourth-order valence-corrected chi connectivity index (χ4v) is 4.30. The minimum absolute atomic E-state index is 0.0718. The Morgan fingerprint density at radius 2 is 1.97 bits per heavy atom. The Morgan fingerprint density at radius 3 is 2.70 bits per heavy atom. The van der Waals surface area contributed by atoms with Crippen LogP contribution in [-0.4, -0.2) is 40.5 Å². The lowest BCUT2D eigenvalue weighted by molar-refractivity contribution is 0.491. The van der Waals surface area contributed by atoms with Gasteiger partial charge in [-0.25, -0.2) is 4.98 Å². The van der Waals surface area contributed by atoms with Crippen LogP contribution in [0.5, 0.6) is 0 Å². The number of fused-ring (bicyclic) bond motifs is 1. The molecule has 152 valence electrons. The summed E-state index contributed by atoms with van der Waals surface area (Å²) < 4.78 is 28.2. The smallest absolute Gasteiger partial charge is 0.278 e. The Kier molecular flexibility index (Phi) is 5.27. The third kappa shape index (κ3) is 3.79. The van der Waals surface area contributed by atoms with Crippen LogP contribution in [-0.2, 0) is 10.0 Å². The van der Waals surface area contributed by atoms with Crippen molar-refractivity contribution in [2.24, 2.45) is 5.10 Å². The van der Waals surface area contributed by atoms with Crippen molar-refractivity contribution in [3.63, 3.8) is 0 Å². The van der Waals surface area contributed by atoms with E-state index in [2.05, 4.69) is 15.1 Å². The van der Waals surface area contributed by atoms with Gasteiger partial charge in [0.2, 0.25) is 0 Å². The molecule has 0 bridgehead atoms. The second-order valence-corrected chi connectivity index (χ2v) is 9.06. The van der Waals surface area contributed by atoms with Gasteiger partial charge in [-0.05, 0) is 42.8 Å². The standard InChI is InChI=1S/C21H18ClN5O2S/c1-15-9-17(16-5-4-8-23-11-16)14-27-19(12-24-21(15)27)13-25-26(2)30(28,29)20-7-3-6-18(22)10-20/h3-14H,1-2H3/b25-13+. The van der Waals surface area contributed by atoms with Crippen molar-refractivity contribution in [1.82, 2.24) is 18.8 Å². The summed E-state index contributed by atoms with van der Waals surface area (Å²) in [6.45, 7) is 1.97. The number of hydrazone groups is 1. The number of halogens is 1. The molecule has 4 rings (SSSR count). The van der Waals surface area contributed by atoms with Crippen LogP contribution < -0.4 is 0 Å². The van der Waals surface area contributed by atoms with Gasteiger partial charge in [0.15, 0.2) is 0 Å². The molecule has 1 aromatic carbocycles. The third-order valence-corrected chi connectivity index (χ3v) is 6.48. The number of benzene rings is 1. The van der Waals surface area contributed by atoms with Gasteiger partial charge in [0, 0.05) is 41.8 Å². The zero-order valence-corrected chi connectivity index (χ0v) is 17.8. The van der Waals surface area contributed by atoms with Crippen LogP contribution in [0.3, 0.4) is 0 Å². The lowest BCUT2D eigenvalue weighted by atomic mass is 10.1. The lowest BCUT2D eigenvalue weighted by Gasteiger charge is -2.13. The number of imidazole rings is 1. The molecule has 0 aliphatic carbocycles. The maximum atomic E-state index is 12.7. The van der Waals surface area contributed by atoms with Gasteiger partial charge in [0.05, 0.1) is 23.0 Å². The van der Waals surface area contributed by atoms with E-state index in [1.54, 1.807) is 30.7 Å². The molecule has 9 heteroatoms. The van der Waals surface area contributed by atoms with E-state index in [-0.39, 0.29) is 4.90 Å². The average molecular weight is 440 g/mol. The summed E-state index contributed by atoms with van der Waals surface area (Å²) in [5, 5.41) is 4.47. The van der Waals surface area contributed by atoms with Gasteiger partial charge >= 0.3 is 0 Å². The molecule has 0 radical (unpaired) electrons. The van der Waals surface area contributed by atoms with E-state index in [4.69, 9.17) is 11.6 Å². The summed E-state index contributed by atoms with van der Waals surface area (Å²) in [4.78, 5) is 8.67. The van der Waals surface area contributed by atoms with Gasteiger partial charge in [-0.2, -0.15) is 17.9 Å². The minimum atomic E-state index is -3.81. The SMILES string of the molecule is Cc1cc(-c2cccnc2)cn2c(/C=N/N(C)S(=O)(=O)c3cccc(Cl)c3)cnc12. The molecule has 7 nitrogen and oxygen atoms in total. The first-order valence-electron chi connectivity index (χ1n) is 9.03. The number of sulfonamides is 1. The number of rotatable bonds is 5. The maximum absolute atomic E-state index is 12.7. The van der Waals surface area contributed by atoms with Gasteiger partial charge in [-0.1, -0.05) is 23.7 Å². The molecular formula is C21H18ClN5O2S. The Morgan fingerprint density at radius 1 is 1.13 bits per heavy atom. The highest BCUT2D eigenvalue weighted by molar-refractivity contribution is 7.89. The lowest BCUT2D eigenvalue weighted by Crippen LogP contribution is -2.22. The predicted octanol–water partition coefficient (Wildman–Crippen LogP) is 4.01. The van der Waals surface area contributed by atoms with E-state index in [0.717, 1.165) is 26.8 Å². The van der Waals surface area contributed by atoms with Crippen LogP contribution in [0.15, 0.2) is 77.2 Å². The van der Waals surface area contributed by atoms with Crippen LogP contribution in [0.2, 0.25) is 5.02 Å². The molecule has 0 fully saturated rings. The van der Waals surface area contributed by atoms with E-state index >= 15 is 0 Å². The van der Waals surface area contributed by atoms with E-state index in [9.17, 15) is 8.42 Å². The highest BCUT2D eigenvalue weighted by Crippen LogP contribution is 2.23. The monoisotopic (exact) mass is 439 g/mol. The van der Waals surface area contributed by atoms with Gasteiger partial charge in [-0.3, -0.25) is 9.38 Å². The zero-order chi connectivity index (χ0) is 21.3. The summed E-state index contributed by atoms with van der Waals surface area (Å²) in [5.41, 5.74) is 4.34. The molecule has 0 unspecified atom stereocenters. The van der Waals surface area contributed by atoms with E-state index < -0.39 is 10.0 Å². The molecule has 3 aromatic heterocycles. The Labute approximate surface area is 179 Å².